The Morgan fingerprint density at radius 3 is 1.69 bits per heavy atom. The molecule has 5 rings (SSSR count). The molecule has 1 aliphatic carbocycles. The van der Waals surface area contributed by atoms with E-state index in [1.165, 1.54) is 10.4 Å². The van der Waals surface area contributed by atoms with Crippen molar-refractivity contribution in [2.45, 2.75) is 184 Å². The molecule has 54 heavy (non-hydrogen) atoms. The fourth-order valence-electron chi connectivity index (χ4n) is 8.09. The fourth-order valence-corrected chi connectivity index (χ4v) is 15.3. The highest BCUT2D eigenvalue weighted by molar-refractivity contribution is 6.99. The van der Waals surface area contributed by atoms with Gasteiger partial charge in [0.2, 0.25) is 0 Å². The first kappa shape index (κ1) is 43.9. The number of rotatable bonds is 12. The molecule has 7 atom stereocenters. The molecule has 0 amide bonds. The average Bonchev–Trinajstić information content (AvgIpc) is 3.70. The lowest BCUT2D eigenvalue weighted by Crippen LogP contribution is -2.68. The van der Waals surface area contributed by atoms with Gasteiger partial charge in [-0.25, -0.2) is 0 Å². The molecule has 0 bridgehead atoms. The zero-order chi connectivity index (χ0) is 40.0. The molecule has 304 valence electrons. The lowest BCUT2D eigenvalue weighted by atomic mass is 9.91. The molecule has 2 heterocycles. The minimum Gasteiger partial charge on any atom is -0.411 e. The molecule has 1 spiro atoms. The van der Waals surface area contributed by atoms with Crippen LogP contribution < -0.4 is 10.4 Å². The van der Waals surface area contributed by atoms with Gasteiger partial charge in [-0.05, 0) is 64.5 Å². The highest BCUT2D eigenvalue weighted by Gasteiger charge is 2.60. The molecule has 3 fully saturated rings. The van der Waals surface area contributed by atoms with Gasteiger partial charge >= 0.3 is 0 Å². The first-order valence-corrected chi connectivity index (χ1v) is 28.1. The number of hydrogen-bond donors (Lipinski definition) is 2. The Balaban J connectivity index is 1.62. The monoisotopic (exact) mass is 800 g/mol. The van der Waals surface area contributed by atoms with E-state index in [0.717, 1.165) is 25.7 Å². The van der Waals surface area contributed by atoms with E-state index in [2.05, 4.69) is 149 Å². The predicted molar refractivity (Wildman–Crippen MR) is 225 cm³/mol. The van der Waals surface area contributed by atoms with Crippen LogP contribution in [-0.4, -0.2) is 96.9 Å². The summed E-state index contributed by atoms with van der Waals surface area (Å²) in [4.78, 5) is 0. The van der Waals surface area contributed by atoms with Crippen LogP contribution in [0.4, 0.5) is 0 Å². The van der Waals surface area contributed by atoms with Crippen molar-refractivity contribution in [3.63, 3.8) is 0 Å². The second kappa shape index (κ2) is 16.2. The molecule has 2 saturated heterocycles. The third-order valence-electron chi connectivity index (χ3n) is 13.2. The summed E-state index contributed by atoms with van der Waals surface area (Å²) in [6.45, 7) is 29.3. The molecule has 2 aliphatic heterocycles. The summed E-state index contributed by atoms with van der Waals surface area (Å²) in [6, 6.07) is 21.4. The molecular weight excluding hydrogens is 729 g/mol. The average molecular weight is 801 g/mol. The Bertz CT molecular complexity index is 1460. The molecule has 0 unspecified atom stereocenters. The van der Waals surface area contributed by atoms with E-state index in [1.54, 1.807) is 0 Å². The van der Waals surface area contributed by atoms with Gasteiger partial charge in [-0.1, -0.05) is 123 Å². The van der Waals surface area contributed by atoms with Crippen molar-refractivity contribution in [1.82, 2.24) is 0 Å². The first-order chi connectivity index (χ1) is 25.0. The van der Waals surface area contributed by atoms with Crippen LogP contribution in [0.3, 0.4) is 0 Å². The molecule has 0 aromatic heterocycles. The first-order valence-electron chi connectivity index (χ1n) is 20.4. The van der Waals surface area contributed by atoms with Gasteiger partial charge in [-0.15, -0.1) is 0 Å². The van der Waals surface area contributed by atoms with Gasteiger partial charge in [-0.2, -0.15) is 0 Å². The second-order valence-electron chi connectivity index (χ2n) is 20.2. The molecule has 2 aromatic carbocycles. The Morgan fingerprint density at radius 1 is 0.722 bits per heavy atom. The van der Waals surface area contributed by atoms with Crippen molar-refractivity contribution in [2.75, 3.05) is 13.2 Å². The minimum absolute atomic E-state index is 0.0551. The lowest BCUT2D eigenvalue weighted by molar-refractivity contribution is -0.233. The maximum atomic E-state index is 11.2. The van der Waals surface area contributed by atoms with Crippen molar-refractivity contribution in [3.8, 4) is 0 Å². The van der Waals surface area contributed by atoms with E-state index in [0.29, 0.717) is 13.0 Å². The quantitative estimate of drug-likeness (QED) is 0.209. The van der Waals surface area contributed by atoms with E-state index >= 15 is 0 Å². The van der Waals surface area contributed by atoms with Gasteiger partial charge in [0.15, 0.2) is 22.4 Å². The molecule has 1 saturated carbocycles. The van der Waals surface area contributed by atoms with E-state index in [4.69, 9.17) is 27.5 Å². The van der Waals surface area contributed by atoms with Crippen LogP contribution in [0.25, 0.3) is 0 Å². The minimum atomic E-state index is -2.92. The summed E-state index contributed by atoms with van der Waals surface area (Å²) in [7, 11) is -7.67. The SMILES string of the molecule is CC(C)(C)[Si](C)(C)O[C@H]1[C@H]([C@H]2OC3(CCCC3)O[C@@H]2CO[Si](c2ccccc2)(c2ccccc2)C(C)(C)C)O[C@@H]([C@H](O)CO)C[C@H]1O[Si](C)(C)C(C)(C)C. The zero-order valence-corrected chi connectivity index (χ0v) is 38.6. The maximum absolute atomic E-state index is 11.2. The van der Waals surface area contributed by atoms with Gasteiger partial charge in [-0.3, -0.25) is 0 Å². The van der Waals surface area contributed by atoms with Crippen LogP contribution in [0.5, 0.6) is 0 Å². The maximum Gasteiger partial charge on any atom is 0.261 e. The number of aliphatic hydroxyl groups excluding tert-OH is 2. The largest absolute Gasteiger partial charge is 0.411 e. The van der Waals surface area contributed by atoms with Crippen LogP contribution in [0.2, 0.25) is 41.3 Å². The van der Waals surface area contributed by atoms with Crippen LogP contribution in [0.1, 0.15) is 94.4 Å². The van der Waals surface area contributed by atoms with Crippen LogP contribution in [0.15, 0.2) is 60.7 Å². The van der Waals surface area contributed by atoms with Crippen molar-refractivity contribution >= 4 is 35.3 Å². The zero-order valence-electron chi connectivity index (χ0n) is 35.6. The Morgan fingerprint density at radius 2 is 1.22 bits per heavy atom. The van der Waals surface area contributed by atoms with Crippen LogP contribution in [-0.2, 0) is 27.5 Å². The van der Waals surface area contributed by atoms with E-state index in [1.807, 2.05) is 0 Å². The Kier molecular flexibility index (Phi) is 13.2. The predicted octanol–water partition coefficient (Wildman–Crippen LogP) is 7.91. The number of hydrogen-bond acceptors (Lipinski definition) is 8. The second-order valence-corrected chi connectivity index (χ2v) is 34.0. The summed E-state index contributed by atoms with van der Waals surface area (Å²) in [6.07, 6.45) is -0.242. The smallest absolute Gasteiger partial charge is 0.261 e. The summed E-state index contributed by atoms with van der Waals surface area (Å²) < 4.78 is 43.6. The summed E-state index contributed by atoms with van der Waals surface area (Å²) in [5.74, 6) is -0.743. The molecular formula is C43H72O8Si3. The Hall–Kier alpha value is -1.23. The van der Waals surface area contributed by atoms with Gasteiger partial charge < -0.3 is 37.7 Å². The van der Waals surface area contributed by atoms with Gasteiger partial charge in [0.25, 0.3) is 8.32 Å². The molecule has 8 nitrogen and oxygen atoms in total. The van der Waals surface area contributed by atoms with Crippen molar-refractivity contribution < 1.29 is 37.7 Å². The molecule has 2 N–H and O–H groups in total. The lowest BCUT2D eigenvalue weighted by Gasteiger charge is -2.52. The van der Waals surface area contributed by atoms with Gasteiger partial charge in [0.1, 0.15) is 24.4 Å². The molecule has 3 aliphatic rings. The topological polar surface area (TPSA) is 95.8 Å². The normalized spacial score (nSPS) is 27.8. The van der Waals surface area contributed by atoms with E-state index in [-0.39, 0.29) is 21.2 Å². The summed E-state index contributed by atoms with van der Waals surface area (Å²) in [5.41, 5.74) is 0. The van der Waals surface area contributed by atoms with E-state index < -0.39 is 74.0 Å². The van der Waals surface area contributed by atoms with Crippen molar-refractivity contribution in [1.29, 1.82) is 0 Å². The molecule has 0 radical (unpaired) electrons. The summed E-state index contributed by atoms with van der Waals surface area (Å²) >= 11 is 0. The van der Waals surface area contributed by atoms with Crippen LogP contribution >= 0.6 is 0 Å². The third-order valence-corrected chi connectivity index (χ3v) is 27.2. The highest BCUT2D eigenvalue weighted by Crippen LogP contribution is 2.49. The number of ether oxygens (including phenoxy) is 3. The van der Waals surface area contributed by atoms with Crippen LogP contribution in [0, 0.1) is 0 Å². The van der Waals surface area contributed by atoms with E-state index in [9.17, 15) is 10.2 Å². The fraction of sp³-hybridized carbons (Fsp3) is 0.721. The van der Waals surface area contributed by atoms with Crippen molar-refractivity contribution in [3.05, 3.63) is 60.7 Å². The molecule has 2 aromatic rings. The highest BCUT2D eigenvalue weighted by atomic mass is 28.4. The summed E-state index contributed by atoms with van der Waals surface area (Å²) in [5, 5.41) is 23.6. The number of benzene rings is 2. The standard InChI is InChI=1S/C43H72O8Si3/c1-40(2,3)52(10,11)50-35-28-34(33(45)29-44)47-39(38(35)51-53(12,13)41(4,5)6)37-36(48-43(49-37)26-20-21-27-43)30-46-54(42(7,8)9,31-22-16-14-17-23-31)32-24-18-15-19-25-32/h14-19,22-25,33-39,44-45H,20-21,26-30H2,1-13H3/t33-,34-,35-,36-,37+,38-,39+/m1/s1. The third kappa shape index (κ3) is 8.92. The van der Waals surface area contributed by atoms with Crippen molar-refractivity contribution in [2.24, 2.45) is 0 Å². The molecule has 11 heteroatoms. The number of aliphatic hydroxyl groups is 2. The van der Waals surface area contributed by atoms with Gasteiger partial charge in [0.05, 0.1) is 31.5 Å². The van der Waals surface area contributed by atoms with Gasteiger partial charge in [0, 0.05) is 19.3 Å². The Labute approximate surface area is 330 Å².